The van der Waals surface area contributed by atoms with Crippen molar-refractivity contribution < 1.29 is 9.59 Å². The van der Waals surface area contributed by atoms with Crippen molar-refractivity contribution in [2.75, 3.05) is 20.1 Å². The zero-order chi connectivity index (χ0) is 15.2. The lowest BCUT2D eigenvalue weighted by Crippen LogP contribution is -2.63. The lowest BCUT2D eigenvalue weighted by molar-refractivity contribution is -0.144. The zero-order valence-electron chi connectivity index (χ0n) is 12.4. The maximum absolute atomic E-state index is 12.8. The molecule has 1 saturated heterocycles. The van der Waals surface area contributed by atoms with Crippen molar-refractivity contribution in [2.45, 2.75) is 19.4 Å². The van der Waals surface area contributed by atoms with Crippen LogP contribution in [0.3, 0.4) is 0 Å². The lowest BCUT2D eigenvalue weighted by Gasteiger charge is -2.44. The fourth-order valence-corrected chi connectivity index (χ4v) is 2.79. The Kier molecular flexibility index (Phi) is 2.97. The second-order valence-corrected chi connectivity index (χ2v) is 5.88. The predicted molar refractivity (Wildman–Crippen MR) is 78.8 cm³/mol. The molecule has 21 heavy (non-hydrogen) atoms. The molecule has 1 fully saturated rings. The first-order chi connectivity index (χ1) is 9.91. The summed E-state index contributed by atoms with van der Waals surface area (Å²) < 4.78 is 0. The monoisotopic (exact) mass is 286 g/mol. The van der Waals surface area contributed by atoms with Gasteiger partial charge in [0.25, 0.3) is 5.91 Å². The number of fused-ring (bicyclic) bond motifs is 1. The SMILES string of the molecule is CN1CCN(C(=O)c2ccc3nc[nH]c3c2)C(C)(C)C1=O. The van der Waals surface area contributed by atoms with E-state index in [2.05, 4.69) is 9.97 Å². The second kappa shape index (κ2) is 4.58. The van der Waals surface area contributed by atoms with Crippen LogP contribution in [0.5, 0.6) is 0 Å². The van der Waals surface area contributed by atoms with Crippen LogP contribution >= 0.6 is 0 Å². The highest BCUT2D eigenvalue weighted by molar-refractivity contribution is 6.01. The Morgan fingerprint density at radius 3 is 2.86 bits per heavy atom. The maximum Gasteiger partial charge on any atom is 0.254 e. The molecule has 0 spiro atoms. The van der Waals surface area contributed by atoms with E-state index in [4.69, 9.17) is 0 Å². The predicted octanol–water partition coefficient (Wildman–Crippen LogP) is 1.26. The number of nitrogens with zero attached hydrogens (tertiary/aromatic N) is 3. The molecule has 0 atom stereocenters. The van der Waals surface area contributed by atoms with Crippen LogP contribution in [-0.2, 0) is 4.79 Å². The highest BCUT2D eigenvalue weighted by atomic mass is 16.2. The molecule has 1 aromatic carbocycles. The molecule has 6 nitrogen and oxygen atoms in total. The van der Waals surface area contributed by atoms with Crippen molar-refractivity contribution in [2.24, 2.45) is 0 Å². The van der Waals surface area contributed by atoms with Gasteiger partial charge in [-0.3, -0.25) is 9.59 Å². The van der Waals surface area contributed by atoms with Gasteiger partial charge >= 0.3 is 0 Å². The molecular formula is C15H18N4O2. The summed E-state index contributed by atoms with van der Waals surface area (Å²) in [5, 5.41) is 0. The second-order valence-electron chi connectivity index (χ2n) is 5.88. The first kappa shape index (κ1) is 13.6. The molecule has 0 radical (unpaired) electrons. The number of aromatic amines is 1. The Morgan fingerprint density at radius 1 is 1.33 bits per heavy atom. The Balaban J connectivity index is 1.95. The fraction of sp³-hybridized carbons (Fsp3) is 0.400. The smallest absolute Gasteiger partial charge is 0.254 e. The molecule has 110 valence electrons. The van der Waals surface area contributed by atoms with E-state index in [9.17, 15) is 9.59 Å². The van der Waals surface area contributed by atoms with Crippen molar-refractivity contribution >= 4 is 22.8 Å². The number of aromatic nitrogens is 2. The highest BCUT2D eigenvalue weighted by Gasteiger charge is 2.43. The third-order valence-corrected chi connectivity index (χ3v) is 4.12. The fourth-order valence-electron chi connectivity index (χ4n) is 2.79. The number of hydrogen-bond donors (Lipinski definition) is 1. The van der Waals surface area contributed by atoms with Gasteiger partial charge in [-0.15, -0.1) is 0 Å². The quantitative estimate of drug-likeness (QED) is 0.858. The zero-order valence-corrected chi connectivity index (χ0v) is 12.4. The summed E-state index contributed by atoms with van der Waals surface area (Å²) in [6.45, 7) is 4.67. The lowest BCUT2D eigenvalue weighted by atomic mass is 9.96. The van der Waals surface area contributed by atoms with Gasteiger partial charge in [-0.05, 0) is 32.0 Å². The molecule has 0 unspecified atom stereocenters. The van der Waals surface area contributed by atoms with Crippen LogP contribution in [0, 0.1) is 0 Å². The number of benzene rings is 1. The first-order valence-corrected chi connectivity index (χ1v) is 6.92. The highest BCUT2D eigenvalue weighted by Crippen LogP contribution is 2.24. The number of amides is 2. The van der Waals surface area contributed by atoms with Gasteiger partial charge in [0.2, 0.25) is 5.91 Å². The number of H-pyrrole nitrogens is 1. The number of carbonyl (C=O) groups excluding carboxylic acids is 2. The van der Waals surface area contributed by atoms with E-state index in [-0.39, 0.29) is 11.8 Å². The number of imidazole rings is 1. The Morgan fingerprint density at radius 2 is 2.10 bits per heavy atom. The van der Waals surface area contributed by atoms with Gasteiger partial charge in [0, 0.05) is 25.7 Å². The van der Waals surface area contributed by atoms with Gasteiger partial charge in [0.1, 0.15) is 5.54 Å². The number of nitrogens with one attached hydrogen (secondary N) is 1. The molecule has 6 heteroatoms. The van der Waals surface area contributed by atoms with Crippen molar-refractivity contribution in [1.29, 1.82) is 0 Å². The minimum atomic E-state index is -0.826. The summed E-state index contributed by atoms with van der Waals surface area (Å²) in [7, 11) is 1.77. The third kappa shape index (κ3) is 2.07. The van der Waals surface area contributed by atoms with Crippen LogP contribution in [0.15, 0.2) is 24.5 Å². The van der Waals surface area contributed by atoms with Crippen molar-refractivity contribution in [3.63, 3.8) is 0 Å². The molecular weight excluding hydrogens is 268 g/mol. The van der Waals surface area contributed by atoms with Crippen LogP contribution < -0.4 is 0 Å². The van der Waals surface area contributed by atoms with E-state index in [0.717, 1.165) is 11.0 Å². The Bertz CT molecular complexity index is 719. The normalized spacial score (nSPS) is 18.3. The number of carbonyl (C=O) groups is 2. The van der Waals surface area contributed by atoms with Crippen molar-refractivity contribution in [3.05, 3.63) is 30.1 Å². The van der Waals surface area contributed by atoms with E-state index in [1.54, 1.807) is 49.2 Å². The molecule has 0 aliphatic carbocycles. The van der Waals surface area contributed by atoms with Crippen LogP contribution in [0.2, 0.25) is 0 Å². The Hall–Kier alpha value is -2.37. The summed E-state index contributed by atoms with van der Waals surface area (Å²) >= 11 is 0. The van der Waals surface area contributed by atoms with Crippen LogP contribution in [0.1, 0.15) is 24.2 Å². The minimum Gasteiger partial charge on any atom is -0.345 e. The number of likely N-dealkylation sites (N-methyl/N-ethyl adjacent to an activating group) is 1. The molecule has 0 bridgehead atoms. The molecule has 1 aliphatic heterocycles. The van der Waals surface area contributed by atoms with Crippen molar-refractivity contribution in [1.82, 2.24) is 19.8 Å². The topological polar surface area (TPSA) is 69.3 Å². The van der Waals surface area contributed by atoms with Gasteiger partial charge in [-0.1, -0.05) is 0 Å². The largest absolute Gasteiger partial charge is 0.345 e. The Labute approximate surface area is 122 Å². The van der Waals surface area contributed by atoms with Crippen LogP contribution in [0.4, 0.5) is 0 Å². The molecule has 0 saturated carbocycles. The molecule has 1 aromatic heterocycles. The number of piperazine rings is 1. The standard InChI is InChI=1S/C15H18N4O2/c1-15(2)14(21)18(3)6-7-19(15)13(20)10-4-5-11-12(8-10)17-9-16-11/h4-5,8-9H,6-7H2,1-3H3,(H,16,17). The third-order valence-electron chi connectivity index (χ3n) is 4.12. The summed E-state index contributed by atoms with van der Waals surface area (Å²) in [5.74, 6) is -0.164. The van der Waals surface area contributed by atoms with Crippen LogP contribution in [-0.4, -0.2) is 57.3 Å². The summed E-state index contributed by atoms with van der Waals surface area (Å²) in [6, 6.07) is 5.35. The number of hydrogen-bond acceptors (Lipinski definition) is 3. The van der Waals surface area contributed by atoms with Gasteiger partial charge < -0.3 is 14.8 Å². The first-order valence-electron chi connectivity index (χ1n) is 6.92. The van der Waals surface area contributed by atoms with Gasteiger partial charge in [-0.2, -0.15) is 0 Å². The molecule has 2 heterocycles. The van der Waals surface area contributed by atoms with E-state index >= 15 is 0 Å². The average Bonchev–Trinajstić information content (AvgIpc) is 2.91. The van der Waals surface area contributed by atoms with Gasteiger partial charge in [0.15, 0.2) is 0 Å². The van der Waals surface area contributed by atoms with Crippen LogP contribution in [0.25, 0.3) is 11.0 Å². The summed E-state index contributed by atoms with van der Waals surface area (Å²) in [4.78, 5) is 35.5. The molecule has 2 amide bonds. The maximum atomic E-state index is 12.8. The van der Waals surface area contributed by atoms with Gasteiger partial charge in [-0.25, -0.2) is 4.98 Å². The van der Waals surface area contributed by atoms with Gasteiger partial charge in [0.05, 0.1) is 17.4 Å². The molecule has 3 rings (SSSR count). The minimum absolute atomic E-state index is 0.0373. The summed E-state index contributed by atoms with van der Waals surface area (Å²) in [6.07, 6.45) is 1.60. The molecule has 1 aliphatic rings. The van der Waals surface area contributed by atoms with E-state index < -0.39 is 5.54 Å². The van der Waals surface area contributed by atoms with Crippen molar-refractivity contribution in [3.8, 4) is 0 Å². The molecule has 2 aromatic rings. The van der Waals surface area contributed by atoms with E-state index in [1.165, 1.54) is 0 Å². The summed E-state index contributed by atoms with van der Waals surface area (Å²) in [5.41, 5.74) is 1.38. The van der Waals surface area contributed by atoms with E-state index in [0.29, 0.717) is 18.7 Å². The average molecular weight is 286 g/mol. The van der Waals surface area contributed by atoms with E-state index in [1.807, 2.05) is 6.07 Å². The molecule has 1 N–H and O–H groups in total. The number of rotatable bonds is 1.